The molecule has 7 nitrogen and oxygen atoms in total. The summed E-state index contributed by atoms with van der Waals surface area (Å²) in [6.07, 6.45) is 6.89. The van der Waals surface area contributed by atoms with Gasteiger partial charge in [-0.3, -0.25) is 0 Å². The highest BCUT2D eigenvalue weighted by molar-refractivity contribution is 7.99. The van der Waals surface area contributed by atoms with Crippen molar-refractivity contribution in [1.82, 2.24) is 25.3 Å². The molecule has 0 bridgehead atoms. The Bertz CT molecular complexity index is 757. The van der Waals surface area contributed by atoms with Gasteiger partial charge in [-0.15, -0.1) is 0 Å². The zero-order valence-corrected chi connectivity index (χ0v) is 17.3. The molecule has 0 saturated carbocycles. The van der Waals surface area contributed by atoms with Gasteiger partial charge in [0.15, 0.2) is 10.3 Å². The smallest absolute Gasteiger partial charge is 0.232 e. The summed E-state index contributed by atoms with van der Waals surface area (Å²) in [4.78, 5) is 20.2. The summed E-state index contributed by atoms with van der Waals surface area (Å²) in [6, 6.07) is 3.81. The number of piperidine rings is 1. The van der Waals surface area contributed by atoms with Gasteiger partial charge in [0.2, 0.25) is 5.95 Å². The largest absolute Gasteiger partial charge is 0.362 e. The fraction of sp³-hybridized carbons (Fsp3) is 0.500. The summed E-state index contributed by atoms with van der Waals surface area (Å²) in [7, 11) is 0. The fourth-order valence-electron chi connectivity index (χ4n) is 2.90. The molecule has 2 aromatic rings. The lowest BCUT2D eigenvalue weighted by Crippen LogP contribution is -2.35. The second-order valence-corrected chi connectivity index (χ2v) is 7.99. The topological polar surface area (TPSA) is 78.9 Å². The standard InChI is InChI=1S/C18H25N7S2/c1-3-7-19-17(26)24-16-22-14(25-10-4-6-13(2)12-25)11-15(23-16)27-18-20-8-5-9-21-18/h5,8-9,11,13H,3-4,6-7,10,12H2,1-2H3,(H2,19,22,23,24,26). The van der Waals surface area contributed by atoms with Crippen LogP contribution >= 0.6 is 24.0 Å². The minimum absolute atomic E-state index is 0.498. The molecule has 3 heterocycles. The van der Waals surface area contributed by atoms with E-state index in [1.54, 1.807) is 18.5 Å². The lowest BCUT2D eigenvalue weighted by Gasteiger charge is -2.32. The first kappa shape index (κ1) is 19.8. The van der Waals surface area contributed by atoms with Crippen molar-refractivity contribution in [3.8, 4) is 0 Å². The minimum atomic E-state index is 0.498. The maximum Gasteiger partial charge on any atom is 0.232 e. The van der Waals surface area contributed by atoms with Gasteiger partial charge in [-0.05, 0) is 55.2 Å². The maximum absolute atomic E-state index is 5.35. The molecule has 1 fully saturated rings. The number of rotatable bonds is 6. The summed E-state index contributed by atoms with van der Waals surface area (Å²) in [5.74, 6) is 2.07. The van der Waals surface area contributed by atoms with Gasteiger partial charge in [0, 0.05) is 38.1 Å². The monoisotopic (exact) mass is 403 g/mol. The molecule has 27 heavy (non-hydrogen) atoms. The van der Waals surface area contributed by atoms with E-state index in [-0.39, 0.29) is 0 Å². The summed E-state index contributed by atoms with van der Waals surface area (Å²) in [5, 5.41) is 8.25. The Morgan fingerprint density at radius 1 is 1.33 bits per heavy atom. The van der Waals surface area contributed by atoms with Gasteiger partial charge in [-0.2, -0.15) is 4.98 Å². The van der Waals surface area contributed by atoms with E-state index in [2.05, 4.69) is 44.3 Å². The highest BCUT2D eigenvalue weighted by Gasteiger charge is 2.19. The zero-order valence-electron chi connectivity index (χ0n) is 15.7. The van der Waals surface area contributed by atoms with Gasteiger partial charge in [-0.25, -0.2) is 15.0 Å². The molecule has 1 aliphatic rings. The summed E-state index contributed by atoms with van der Waals surface area (Å²) in [6.45, 7) is 7.20. The van der Waals surface area contributed by atoms with E-state index in [1.807, 2.05) is 6.07 Å². The van der Waals surface area contributed by atoms with E-state index in [4.69, 9.17) is 17.2 Å². The van der Waals surface area contributed by atoms with Crippen LogP contribution in [0.2, 0.25) is 0 Å². The van der Waals surface area contributed by atoms with Crippen molar-refractivity contribution in [1.29, 1.82) is 0 Å². The lowest BCUT2D eigenvalue weighted by molar-refractivity contribution is 0.444. The second kappa shape index (κ2) is 9.80. The molecule has 0 aromatic carbocycles. The van der Waals surface area contributed by atoms with Crippen molar-refractivity contribution in [3.63, 3.8) is 0 Å². The third-order valence-electron chi connectivity index (χ3n) is 4.17. The molecule has 9 heteroatoms. The SMILES string of the molecule is CCCNC(=S)Nc1nc(Sc2ncccn2)cc(N2CCCC(C)C2)n1. The van der Waals surface area contributed by atoms with E-state index < -0.39 is 0 Å². The van der Waals surface area contributed by atoms with Gasteiger partial charge < -0.3 is 15.5 Å². The first-order chi connectivity index (χ1) is 13.1. The predicted molar refractivity (Wildman–Crippen MR) is 113 cm³/mol. The Balaban J connectivity index is 1.83. The van der Waals surface area contributed by atoms with Crippen molar-refractivity contribution in [2.75, 3.05) is 29.9 Å². The normalized spacial score (nSPS) is 16.8. The molecule has 1 atom stereocenters. The molecule has 2 aromatic heterocycles. The average Bonchev–Trinajstić information content (AvgIpc) is 2.67. The van der Waals surface area contributed by atoms with Crippen LogP contribution in [0.3, 0.4) is 0 Å². The van der Waals surface area contributed by atoms with Gasteiger partial charge in [-0.1, -0.05) is 13.8 Å². The van der Waals surface area contributed by atoms with E-state index in [0.29, 0.717) is 22.1 Å². The molecule has 0 radical (unpaired) electrons. The Morgan fingerprint density at radius 3 is 2.89 bits per heavy atom. The number of hydrogen-bond donors (Lipinski definition) is 2. The predicted octanol–water partition coefficient (Wildman–Crippen LogP) is 3.35. The second-order valence-electron chi connectivity index (χ2n) is 6.60. The molecular formula is C18H25N7S2. The van der Waals surface area contributed by atoms with Gasteiger partial charge >= 0.3 is 0 Å². The number of nitrogens with zero attached hydrogens (tertiary/aromatic N) is 5. The van der Waals surface area contributed by atoms with Crippen LogP contribution in [-0.4, -0.2) is 44.7 Å². The van der Waals surface area contributed by atoms with E-state index in [0.717, 1.165) is 36.9 Å². The van der Waals surface area contributed by atoms with Crippen molar-refractivity contribution in [2.24, 2.45) is 5.92 Å². The van der Waals surface area contributed by atoms with E-state index in [9.17, 15) is 0 Å². The molecule has 2 N–H and O–H groups in total. The number of hydrogen-bond acceptors (Lipinski definition) is 7. The van der Waals surface area contributed by atoms with E-state index in [1.165, 1.54) is 24.6 Å². The Labute approximate surface area is 169 Å². The first-order valence-electron chi connectivity index (χ1n) is 9.27. The van der Waals surface area contributed by atoms with Crippen LogP contribution in [0, 0.1) is 5.92 Å². The highest BCUT2D eigenvalue weighted by atomic mass is 32.2. The number of aromatic nitrogens is 4. The van der Waals surface area contributed by atoms with Gasteiger partial charge in [0.25, 0.3) is 0 Å². The lowest BCUT2D eigenvalue weighted by atomic mass is 10.0. The fourth-order valence-corrected chi connectivity index (χ4v) is 3.80. The molecule has 1 aliphatic heterocycles. The maximum atomic E-state index is 5.35. The van der Waals surface area contributed by atoms with Crippen LogP contribution in [0.25, 0.3) is 0 Å². The van der Waals surface area contributed by atoms with E-state index >= 15 is 0 Å². The summed E-state index contributed by atoms with van der Waals surface area (Å²) >= 11 is 6.77. The van der Waals surface area contributed by atoms with Crippen molar-refractivity contribution < 1.29 is 0 Å². The average molecular weight is 404 g/mol. The Kier molecular flexibility index (Phi) is 7.17. The van der Waals surface area contributed by atoms with Gasteiger partial charge in [0.1, 0.15) is 10.8 Å². The third kappa shape index (κ3) is 6.00. The molecule has 1 unspecified atom stereocenters. The summed E-state index contributed by atoms with van der Waals surface area (Å²) < 4.78 is 0. The molecule has 0 spiro atoms. The summed E-state index contributed by atoms with van der Waals surface area (Å²) in [5.41, 5.74) is 0. The molecule has 1 saturated heterocycles. The first-order valence-corrected chi connectivity index (χ1v) is 10.5. The number of nitrogens with one attached hydrogen (secondary N) is 2. The molecule has 144 valence electrons. The van der Waals surface area contributed by atoms with Crippen molar-refractivity contribution >= 4 is 40.9 Å². The minimum Gasteiger partial charge on any atom is -0.362 e. The van der Waals surface area contributed by atoms with Crippen LogP contribution in [0.4, 0.5) is 11.8 Å². The Morgan fingerprint density at radius 2 is 2.15 bits per heavy atom. The highest BCUT2D eigenvalue weighted by Crippen LogP contribution is 2.28. The third-order valence-corrected chi connectivity index (χ3v) is 5.23. The number of thiocarbonyl (C=S) groups is 1. The molecule has 0 amide bonds. The quantitative estimate of drug-likeness (QED) is 0.429. The van der Waals surface area contributed by atoms with Gasteiger partial charge in [0.05, 0.1) is 0 Å². The Hall–Kier alpha value is -2.00. The van der Waals surface area contributed by atoms with Crippen LogP contribution in [-0.2, 0) is 0 Å². The number of anilines is 2. The van der Waals surface area contributed by atoms with Crippen LogP contribution < -0.4 is 15.5 Å². The zero-order chi connectivity index (χ0) is 19.1. The molecule has 3 rings (SSSR count). The van der Waals surface area contributed by atoms with Crippen molar-refractivity contribution in [3.05, 3.63) is 24.5 Å². The van der Waals surface area contributed by atoms with Crippen LogP contribution in [0.5, 0.6) is 0 Å². The molecule has 0 aliphatic carbocycles. The van der Waals surface area contributed by atoms with Crippen molar-refractivity contribution in [2.45, 2.75) is 43.3 Å². The van der Waals surface area contributed by atoms with Crippen LogP contribution in [0.15, 0.2) is 34.7 Å². The van der Waals surface area contributed by atoms with Crippen LogP contribution in [0.1, 0.15) is 33.1 Å². The molecular weight excluding hydrogens is 378 g/mol.